The molecule has 1 atom stereocenters. The van der Waals surface area contributed by atoms with Gasteiger partial charge in [0.2, 0.25) is 11.0 Å². The molecule has 11 nitrogen and oxygen atoms in total. The molecule has 6 rings (SSSR count). The first kappa shape index (κ1) is 27.8. The van der Waals surface area contributed by atoms with Crippen molar-refractivity contribution in [1.29, 1.82) is 5.26 Å². The van der Waals surface area contributed by atoms with E-state index >= 15 is 0 Å². The number of allylic oxidation sites excluding steroid dienone is 3. The van der Waals surface area contributed by atoms with Crippen LogP contribution < -0.4 is 20.7 Å². The third-order valence-electron chi connectivity index (χ3n) is 6.76. The summed E-state index contributed by atoms with van der Waals surface area (Å²) in [6.07, 6.45) is 4.98. The summed E-state index contributed by atoms with van der Waals surface area (Å²) in [5, 5.41) is 22.5. The first-order valence-electron chi connectivity index (χ1n) is 13.1. The maximum absolute atomic E-state index is 13.2. The van der Waals surface area contributed by atoms with Crippen LogP contribution in [0.5, 0.6) is 5.75 Å². The lowest BCUT2D eigenvalue weighted by atomic mass is 9.76. The van der Waals surface area contributed by atoms with Crippen LogP contribution in [0.3, 0.4) is 0 Å². The topological polar surface area (TPSA) is 160 Å². The molecule has 1 aliphatic carbocycles. The largest absolute Gasteiger partial charge is 0.494 e. The summed E-state index contributed by atoms with van der Waals surface area (Å²) in [5.74, 6) is 0.240. The van der Waals surface area contributed by atoms with E-state index in [0.29, 0.717) is 46.0 Å². The average molecular weight is 617 g/mol. The molecule has 4 aromatic rings. The van der Waals surface area contributed by atoms with Crippen molar-refractivity contribution in [2.45, 2.75) is 36.4 Å². The van der Waals surface area contributed by atoms with Crippen LogP contribution in [-0.2, 0) is 9.59 Å². The Labute approximate surface area is 253 Å². The summed E-state index contributed by atoms with van der Waals surface area (Å²) in [6.45, 7) is 2.49. The Bertz CT molecular complexity index is 1790. The number of rotatable bonds is 8. The minimum Gasteiger partial charge on any atom is -0.494 e. The van der Waals surface area contributed by atoms with Gasteiger partial charge in [-0.2, -0.15) is 5.26 Å². The van der Waals surface area contributed by atoms with E-state index < -0.39 is 5.92 Å². The molecule has 212 valence electrons. The summed E-state index contributed by atoms with van der Waals surface area (Å²) in [4.78, 5) is 36.3. The van der Waals surface area contributed by atoms with Crippen molar-refractivity contribution >= 4 is 66.6 Å². The van der Waals surface area contributed by atoms with E-state index in [1.165, 1.54) is 34.4 Å². The second-order valence-electron chi connectivity index (χ2n) is 9.37. The van der Waals surface area contributed by atoms with Crippen molar-refractivity contribution in [1.82, 2.24) is 20.2 Å². The van der Waals surface area contributed by atoms with Gasteiger partial charge in [0, 0.05) is 30.1 Å². The van der Waals surface area contributed by atoms with Crippen LogP contribution in [0, 0.1) is 11.3 Å². The number of nitrogens with one attached hydrogen (secondary N) is 1. The number of anilines is 2. The van der Waals surface area contributed by atoms with Gasteiger partial charge in [0.05, 0.1) is 40.1 Å². The van der Waals surface area contributed by atoms with E-state index in [9.17, 15) is 14.9 Å². The summed E-state index contributed by atoms with van der Waals surface area (Å²) < 4.78 is 7.01. The van der Waals surface area contributed by atoms with Crippen LogP contribution in [0.4, 0.5) is 10.3 Å². The van der Waals surface area contributed by atoms with Gasteiger partial charge in [-0.25, -0.2) is 4.98 Å². The zero-order chi connectivity index (χ0) is 29.2. The smallest absolute Gasteiger partial charge is 0.236 e. The van der Waals surface area contributed by atoms with E-state index in [2.05, 4.69) is 31.6 Å². The molecule has 0 saturated carbocycles. The standard InChI is InChI=1S/C28H24N8O3S3/c1-2-39-16-8-9-18-21(11-16)41-26(32-18)33-22(38)14-40-28-35-34-27(42-28)36-19-6-3-7-20(37)24(19)23(17(12-29)25(36)30)15-5-4-10-31-13-15/h4-5,8-11,13,23H,2-3,6-7,14,30H2,1H3,(H,32,33,38). The number of fused-ring (bicyclic) bond motifs is 1. The molecule has 3 N–H and O–H groups in total. The van der Waals surface area contributed by atoms with Gasteiger partial charge in [0.25, 0.3) is 0 Å². The molecule has 1 amide bonds. The van der Waals surface area contributed by atoms with Gasteiger partial charge in [-0.15, -0.1) is 10.2 Å². The number of aromatic nitrogens is 4. The van der Waals surface area contributed by atoms with Gasteiger partial charge < -0.3 is 15.8 Å². The second kappa shape index (κ2) is 11.9. The van der Waals surface area contributed by atoms with E-state index in [-0.39, 0.29) is 28.8 Å². The van der Waals surface area contributed by atoms with Gasteiger partial charge in [0.1, 0.15) is 11.6 Å². The molecule has 14 heteroatoms. The predicted octanol–water partition coefficient (Wildman–Crippen LogP) is 4.98. The zero-order valence-corrected chi connectivity index (χ0v) is 24.8. The minimum atomic E-state index is -0.582. The fraction of sp³-hybridized carbons (Fsp3) is 0.250. The van der Waals surface area contributed by atoms with Gasteiger partial charge in [-0.3, -0.25) is 19.5 Å². The second-order valence-corrected chi connectivity index (χ2v) is 12.6. The molecule has 0 fully saturated rings. The van der Waals surface area contributed by atoms with Crippen LogP contribution in [0.25, 0.3) is 10.2 Å². The fourth-order valence-electron chi connectivity index (χ4n) is 5.03. The van der Waals surface area contributed by atoms with Crippen LogP contribution >= 0.6 is 34.4 Å². The van der Waals surface area contributed by atoms with Crippen molar-refractivity contribution in [3.63, 3.8) is 0 Å². The number of nitrogens with zero attached hydrogens (tertiary/aromatic N) is 6. The minimum absolute atomic E-state index is 0.0184. The number of hydrogen-bond acceptors (Lipinski definition) is 13. The highest BCUT2D eigenvalue weighted by molar-refractivity contribution is 8.01. The summed E-state index contributed by atoms with van der Waals surface area (Å²) >= 11 is 3.86. The third kappa shape index (κ3) is 5.34. The van der Waals surface area contributed by atoms with E-state index in [0.717, 1.165) is 27.2 Å². The average Bonchev–Trinajstić information content (AvgIpc) is 3.62. The summed E-state index contributed by atoms with van der Waals surface area (Å²) in [7, 11) is 0. The number of thioether (sulfide) groups is 1. The molecule has 2 aliphatic rings. The molecule has 0 saturated heterocycles. The number of nitriles is 1. The lowest BCUT2D eigenvalue weighted by Crippen LogP contribution is -2.38. The Morgan fingerprint density at radius 3 is 2.95 bits per heavy atom. The molecule has 0 radical (unpaired) electrons. The normalized spacial score (nSPS) is 16.9. The summed E-state index contributed by atoms with van der Waals surface area (Å²) in [6, 6.07) is 11.5. The molecule has 0 spiro atoms. The highest BCUT2D eigenvalue weighted by Crippen LogP contribution is 2.47. The Kier molecular flexibility index (Phi) is 7.88. The van der Waals surface area contributed by atoms with Gasteiger partial charge in [0.15, 0.2) is 15.3 Å². The zero-order valence-electron chi connectivity index (χ0n) is 22.4. The SMILES string of the molecule is CCOc1ccc2nc(NC(=O)CSc3nnc(N4C(N)=C(C#N)C(c5cccnc5)C5=C4CCCC5=O)s3)sc2c1. The molecule has 0 bridgehead atoms. The maximum atomic E-state index is 13.2. The van der Waals surface area contributed by atoms with Crippen molar-refractivity contribution in [2.24, 2.45) is 5.73 Å². The van der Waals surface area contributed by atoms with Crippen molar-refractivity contribution in [3.05, 3.63) is 71.0 Å². The number of hydrogen-bond donors (Lipinski definition) is 2. The molecular formula is C28H24N8O3S3. The van der Waals surface area contributed by atoms with Crippen LogP contribution in [0.15, 0.2) is 69.7 Å². The van der Waals surface area contributed by atoms with Crippen molar-refractivity contribution in [2.75, 3.05) is 22.6 Å². The first-order valence-corrected chi connectivity index (χ1v) is 15.7. The number of benzene rings is 1. The Balaban J connectivity index is 1.20. The molecule has 1 unspecified atom stereocenters. The number of pyridine rings is 1. The highest BCUT2D eigenvalue weighted by atomic mass is 32.2. The first-order chi connectivity index (χ1) is 20.5. The predicted molar refractivity (Wildman–Crippen MR) is 162 cm³/mol. The maximum Gasteiger partial charge on any atom is 0.236 e. The van der Waals surface area contributed by atoms with Gasteiger partial charge in [-0.05, 0) is 49.6 Å². The molecule has 1 aromatic carbocycles. The number of thiazole rings is 1. The Morgan fingerprint density at radius 1 is 1.29 bits per heavy atom. The third-order valence-corrected chi connectivity index (χ3v) is 9.74. The number of carbonyl (C=O) groups is 2. The van der Waals surface area contributed by atoms with E-state index in [1.54, 1.807) is 23.4 Å². The Morgan fingerprint density at radius 2 is 2.17 bits per heavy atom. The number of amides is 1. The number of carbonyl (C=O) groups excluding carboxylic acids is 2. The van der Waals surface area contributed by atoms with Crippen molar-refractivity contribution in [3.8, 4) is 11.8 Å². The molecule has 1 aliphatic heterocycles. The molecular weight excluding hydrogens is 593 g/mol. The quantitative estimate of drug-likeness (QED) is 0.257. The number of ether oxygens (including phenoxy) is 1. The summed E-state index contributed by atoms with van der Waals surface area (Å²) in [5.41, 5.74) is 9.66. The molecule has 4 heterocycles. The van der Waals surface area contributed by atoms with Crippen LogP contribution in [-0.4, -0.2) is 44.2 Å². The monoisotopic (exact) mass is 616 g/mol. The lowest BCUT2D eigenvalue weighted by molar-refractivity contribution is -0.116. The van der Waals surface area contributed by atoms with Gasteiger partial charge in [-0.1, -0.05) is 40.5 Å². The van der Waals surface area contributed by atoms with Gasteiger partial charge >= 0.3 is 0 Å². The number of Topliss-reactive ketones (excluding diaryl/α,β-unsaturated/α-hetero) is 1. The Hall–Kier alpha value is -4.32. The van der Waals surface area contributed by atoms with Crippen LogP contribution in [0.1, 0.15) is 37.7 Å². The van der Waals surface area contributed by atoms with Crippen molar-refractivity contribution < 1.29 is 14.3 Å². The molecule has 3 aromatic heterocycles. The lowest BCUT2D eigenvalue weighted by Gasteiger charge is -2.37. The van der Waals surface area contributed by atoms with Crippen LogP contribution in [0.2, 0.25) is 0 Å². The molecule has 42 heavy (non-hydrogen) atoms. The fourth-order valence-corrected chi connectivity index (χ4v) is 7.62. The van der Waals surface area contributed by atoms with E-state index in [1.807, 2.05) is 31.2 Å². The highest BCUT2D eigenvalue weighted by Gasteiger charge is 2.41. The number of ketones is 1. The van der Waals surface area contributed by atoms with E-state index in [4.69, 9.17) is 10.5 Å². The number of nitrogens with two attached hydrogens (primary N) is 1.